The molecule has 2 rings (SSSR count). The predicted octanol–water partition coefficient (Wildman–Crippen LogP) is 3.05. The summed E-state index contributed by atoms with van der Waals surface area (Å²) in [6.45, 7) is 3.84. The van der Waals surface area contributed by atoms with Crippen LogP contribution in [-0.2, 0) is 18.4 Å². The lowest BCUT2D eigenvalue weighted by atomic mass is 9.95. The molecule has 0 radical (unpaired) electrons. The molecule has 0 bridgehead atoms. The van der Waals surface area contributed by atoms with Gasteiger partial charge in [0.15, 0.2) is 0 Å². The van der Waals surface area contributed by atoms with Crippen molar-refractivity contribution in [2.75, 3.05) is 14.2 Å². The van der Waals surface area contributed by atoms with Crippen LogP contribution in [-0.4, -0.2) is 43.2 Å². The van der Waals surface area contributed by atoms with Crippen LogP contribution >= 0.6 is 7.60 Å². The van der Waals surface area contributed by atoms with Gasteiger partial charge in [-0.25, -0.2) is 0 Å². The van der Waals surface area contributed by atoms with Crippen molar-refractivity contribution in [1.82, 2.24) is 4.90 Å². The van der Waals surface area contributed by atoms with E-state index in [1.165, 1.54) is 20.0 Å². The summed E-state index contributed by atoms with van der Waals surface area (Å²) in [6.07, 6.45) is 1.01. The molecule has 0 spiro atoms. The van der Waals surface area contributed by atoms with Crippen molar-refractivity contribution in [3.05, 3.63) is 42.2 Å². The number of likely N-dealkylation sites (tertiary alicyclic amines) is 1. The minimum Gasteiger partial charge on any atom is -0.478 e. The Bertz CT molecular complexity index is 608. The van der Waals surface area contributed by atoms with Crippen molar-refractivity contribution in [2.24, 2.45) is 0 Å². The molecule has 6 nitrogen and oxygen atoms in total. The van der Waals surface area contributed by atoms with Gasteiger partial charge in [0.2, 0.25) is 6.10 Å². The van der Waals surface area contributed by atoms with Gasteiger partial charge in [-0.05, 0) is 32.1 Å². The third-order valence-electron chi connectivity index (χ3n) is 3.67. The number of ether oxygens (including phenoxy) is 1. The Kier molecular flexibility index (Phi) is 5.63. The summed E-state index contributed by atoms with van der Waals surface area (Å²) in [6, 6.07) is 8.84. The molecule has 1 amide bonds. The molecule has 0 N–H and O–H groups in total. The lowest BCUT2D eigenvalue weighted by molar-refractivity contribution is -0.162. The zero-order chi connectivity index (χ0) is 17.0. The van der Waals surface area contributed by atoms with Gasteiger partial charge in [0.1, 0.15) is 5.75 Å². The van der Waals surface area contributed by atoms with Gasteiger partial charge in [-0.2, -0.15) is 0 Å². The Labute approximate surface area is 136 Å². The first kappa shape index (κ1) is 17.7. The highest BCUT2D eigenvalue weighted by Gasteiger charge is 2.49. The maximum Gasteiger partial charge on any atom is 0.353 e. The number of nitrogens with zero attached hydrogens (tertiary/aromatic N) is 1. The SMILES string of the molecule is COP(=O)(/C=C/[C@H]1[C@@H](Oc2ccccc2)C(=O)N1C(C)C)OC. The molecular weight excluding hydrogens is 317 g/mol. The van der Waals surface area contributed by atoms with Crippen LogP contribution in [0.25, 0.3) is 0 Å². The molecule has 1 aliphatic rings. The summed E-state index contributed by atoms with van der Waals surface area (Å²) in [4.78, 5) is 14.0. The van der Waals surface area contributed by atoms with E-state index in [1.807, 2.05) is 32.0 Å². The van der Waals surface area contributed by atoms with Gasteiger partial charge in [0.25, 0.3) is 5.91 Å². The number of amides is 1. The number of rotatable bonds is 7. The Morgan fingerprint density at radius 1 is 1.17 bits per heavy atom. The second-order valence-corrected chi connectivity index (χ2v) is 7.54. The number of hydrogen-bond donors (Lipinski definition) is 0. The smallest absolute Gasteiger partial charge is 0.353 e. The molecule has 1 heterocycles. The highest BCUT2D eigenvalue weighted by molar-refractivity contribution is 7.57. The third-order valence-corrected chi connectivity index (χ3v) is 5.22. The van der Waals surface area contributed by atoms with Crippen molar-refractivity contribution >= 4 is 13.5 Å². The van der Waals surface area contributed by atoms with Crippen LogP contribution in [0.1, 0.15) is 13.8 Å². The molecule has 1 fully saturated rings. The van der Waals surface area contributed by atoms with Gasteiger partial charge in [-0.3, -0.25) is 9.36 Å². The van der Waals surface area contributed by atoms with Crippen LogP contribution in [0.3, 0.4) is 0 Å². The molecule has 0 aliphatic carbocycles. The molecular formula is C16H22NO5P. The van der Waals surface area contributed by atoms with E-state index >= 15 is 0 Å². The van der Waals surface area contributed by atoms with Crippen LogP contribution in [0.5, 0.6) is 5.75 Å². The minimum absolute atomic E-state index is 0.0113. The first-order chi connectivity index (χ1) is 10.9. The van der Waals surface area contributed by atoms with Crippen molar-refractivity contribution in [3.8, 4) is 5.75 Å². The third kappa shape index (κ3) is 3.83. The lowest BCUT2D eigenvalue weighted by Crippen LogP contribution is -2.68. The van der Waals surface area contributed by atoms with Crippen LogP contribution in [0.15, 0.2) is 42.2 Å². The summed E-state index contributed by atoms with van der Waals surface area (Å²) in [5.41, 5.74) is 0. The zero-order valence-electron chi connectivity index (χ0n) is 13.7. The minimum atomic E-state index is -3.27. The molecule has 126 valence electrons. The van der Waals surface area contributed by atoms with E-state index in [-0.39, 0.29) is 18.0 Å². The predicted molar refractivity (Wildman–Crippen MR) is 87.4 cm³/mol. The second kappa shape index (κ2) is 7.30. The maximum absolute atomic E-state index is 12.3. The normalized spacial score (nSPS) is 21.8. The van der Waals surface area contributed by atoms with E-state index in [2.05, 4.69) is 0 Å². The van der Waals surface area contributed by atoms with Gasteiger partial charge < -0.3 is 18.7 Å². The summed E-state index contributed by atoms with van der Waals surface area (Å²) in [5, 5.41) is 0. The van der Waals surface area contributed by atoms with Gasteiger partial charge >= 0.3 is 7.60 Å². The molecule has 23 heavy (non-hydrogen) atoms. The summed E-state index contributed by atoms with van der Waals surface area (Å²) >= 11 is 0. The molecule has 1 aromatic rings. The van der Waals surface area contributed by atoms with E-state index in [9.17, 15) is 9.36 Å². The number of carbonyl (C=O) groups excluding carboxylic acids is 1. The molecule has 7 heteroatoms. The Morgan fingerprint density at radius 2 is 1.78 bits per heavy atom. The van der Waals surface area contributed by atoms with Crippen LogP contribution < -0.4 is 4.74 Å². The van der Waals surface area contributed by atoms with E-state index in [4.69, 9.17) is 13.8 Å². The second-order valence-electron chi connectivity index (χ2n) is 5.43. The Balaban J connectivity index is 2.19. The number of carbonyl (C=O) groups is 1. The van der Waals surface area contributed by atoms with Crippen molar-refractivity contribution in [2.45, 2.75) is 32.0 Å². The number of para-hydroxylation sites is 1. The van der Waals surface area contributed by atoms with Gasteiger partial charge in [-0.15, -0.1) is 0 Å². The van der Waals surface area contributed by atoms with Crippen LogP contribution in [0.2, 0.25) is 0 Å². The molecule has 1 saturated heterocycles. The van der Waals surface area contributed by atoms with E-state index in [0.29, 0.717) is 5.75 Å². The van der Waals surface area contributed by atoms with Crippen LogP contribution in [0.4, 0.5) is 0 Å². The van der Waals surface area contributed by atoms with E-state index in [1.54, 1.807) is 23.1 Å². The summed E-state index contributed by atoms with van der Waals surface area (Å²) in [5.74, 6) is 1.90. The first-order valence-electron chi connectivity index (χ1n) is 7.36. The van der Waals surface area contributed by atoms with E-state index < -0.39 is 13.7 Å². The zero-order valence-corrected chi connectivity index (χ0v) is 14.6. The molecule has 2 atom stereocenters. The Hall–Kier alpha value is -1.62. The Morgan fingerprint density at radius 3 is 2.30 bits per heavy atom. The quantitative estimate of drug-likeness (QED) is 0.564. The van der Waals surface area contributed by atoms with Crippen molar-refractivity contribution in [3.63, 3.8) is 0 Å². The number of benzene rings is 1. The van der Waals surface area contributed by atoms with Crippen LogP contribution in [0, 0.1) is 0 Å². The molecule has 0 saturated carbocycles. The van der Waals surface area contributed by atoms with Crippen molar-refractivity contribution in [1.29, 1.82) is 0 Å². The monoisotopic (exact) mass is 339 g/mol. The molecule has 1 aromatic carbocycles. The molecule has 1 aliphatic heterocycles. The summed E-state index contributed by atoms with van der Waals surface area (Å²) in [7, 11) is -0.638. The highest BCUT2D eigenvalue weighted by Crippen LogP contribution is 2.48. The average Bonchev–Trinajstić information content (AvgIpc) is 2.56. The highest BCUT2D eigenvalue weighted by atomic mass is 31.2. The molecule has 0 unspecified atom stereocenters. The first-order valence-corrected chi connectivity index (χ1v) is 8.97. The van der Waals surface area contributed by atoms with Gasteiger partial charge in [0.05, 0.1) is 6.04 Å². The topological polar surface area (TPSA) is 65.1 Å². The summed E-state index contributed by atoms with van der Waals surface area (Å²) < 4.78 is 27.7. The standard InChI is InChI=1S/C16H22NO5P/c1-12(2)17-14(10-11-23(19,20-3)21-4)15(16(17)18)22-13-8-6-5-7-9-13/h5-12,14-15H,1-4H3/b11-10+/t14-,15+/m0/s1. The largest absolute Gasteiger partial charge is 0.478 e. The fourth-order valence-electron chi connectivity index (χ4n) is 2.45. The fourth-order valence-corrected chi connectivity index (χ4v) is 3.23. The lowest BCUT2D eigenvalue weighted by Gasteiger charge is -2.47. The maximum atomic E-state index is 12.3. The number of hydrogen-bond acceptors (Lipinski definition) is 5. The van der Waals surface area contributed by atoms with Gasteiger partial charge in [-0.1, -0.05) is 18.2 Å². The fraction of sp³-hybridized carbons (Fsp3) is 0.438. The van der Waals surface area contributed by atoms with Crippen molar-refractivity contribution < 1.29 is 23.1 Å². The number of β-lactam (4-membered cyclic amide) rings is 1. The molecule has 0 aromatic heterocycles. The van der Waals surface area contributed by atoms with Gasteiger partial charge in [0, 0.05) is 26.1 Å². The van der Waals surface area contributed by atoms with E-state index in [0.717, 1.165) is 0 Å². The average molecular weight is 339 g/mol.